The van der Waals surface area contributed by atoms with Gasteiger partial charge in [-0.3, -0.25) is 10.6 Å². The number of nitrogens with two attached hydrogens (primary N) is 1. The van der Waals surface area contributed by atoms with E-state index in [2.05, 4.69) is 25.4 Å². The third-order valence-corrected chi connectivity index (χ3v) is 2.46. The molecule has 7 heteroatoms. The molecule has 0 aliphatic heterocycles. The Morgan fingerprint density at radius 1 is 1.50 bits per heavy atom. The van der Waals surface area contributed by atoms with Gasteiger partial charge in [-0.15, -0.1) is 0 Å². The third kappa shape index (κ3) is 2.64. The van der Waals surface area contributed by atoms with E-state index in [1.165, 1.54) is 6.39 Å². The Morgan fingerprint density at radius 3 is 2.94 bits per heavy atom. The molecule has 0 saturated heterocycles. The minimum atomic E-state index is -0.202. The largest absolute Gasteiger partial charge is 0.345 e. The van der Waals surface area contributed by atoms with E-state index in [0.717, 1.165) is 11.3 Å². The minimum absolute atomic E-state index is 0.202. The van der Waals surface area contributed by atoms with Crippen LogP contribution < -0.4 is 16.6 Å². The number of hydrazine groups is 1. The van der Waals surface area contributed by atoms with E-state index in [1.807, 2.05) is 6.92 Å². The quantitative estimate of drug-likeness (QED) is 0.539. The second-order valence-electron chi connectivity index (χ2n) is 3.70. The molecule has 2 rings (SSSR count). The number of carbonyl (C=O) groups is 1. The lowest BCUT2D eigenvalue weighted by Gasteiger charge is -2.07. The fourth-order valence-electron chi connectivity index (χ4n) is 1.50. The molecule has 0 aliphatic carbocycles. The third-order valence-electron chi connectivity index (χ3n) is 2.46. The highest BCUT2D eigenvalue weighted by atomic mass is 16.5. The van der Waals surface area contributed by atoms with Crippen LogP contribution in [0.2, 0.25) is 0 Å². The van der Waals surface area contributed by atoms with Crippen molar-refractivity contribution in [3.8, 4) is 0 Å². The molecule has 0 spiro atoms. The first-order valence-corrected chi connectivity index (χ1v) is 5.31. The molecule has 1 heterocycles. The Bertz CT molecular complexity index is 538. The summed E-state index contributed by atoms with van der Waals surface area (Å²) in [6.45, 7) is 2.09. The molecule has 0 saturated carbocycles. The van der Waals surface area contributed by atoms with Gasteiger partial charge in [-0.1, -0.05) is 5.16 Å². The minimum Gasteiger partial charge on any atom is -0.345 e. The molecule has 0 bridgehead atoms. The fourth-order valence-corrected chi connectivity index (χ4v) is 1.50. The van der Waals surface area contributed by atoms with Crippen LogP contribution in [0.25, 0.3) is 0 Å². The van der Waals surface area contributed by atoms with Gasteiger partial charge in [-0.05, 0) is 30.7 Å². The molecule has 0 aliphatic rings. The number of nitrogens with one attached hydrogen (secondary N) is 2. The maximum Gasteiger partial charge on any atom is 0.251 e. The summed E-state index contributed by atoms with van der Waals surface area (Å²) < 4.78 is 4.57. The van der Waals surface area contributed by atoms with Gasteiger partial charge in [0.15, 0.2) is 5.82 Å². The van der Waals surface area contributed by atoms with Crippen molar-refractivity contribution >= 4 is 11.6 Å². The normalized spacial score (nSPS) is 10.1. The van der Waals surface area contributed by atoms with E-state index >= 15 is 0 Å². The van der Waals surface area contributed by atoms with Crippen LogP contribution in [0.1, 0.15) is 21.7 Å². The number of nitrogen functional groups attached to an aromatic ring is 1. The number of amides is 1. The summed E-state index contributed by atoms with van der Waals surface area (Å²) in [7, 11) is 0. The maximum atomic E-state index is 11.8. The van der Waals surface area contributed by atoms with Gasteiger partial charge in [0, 0.05) is 5.56 Å². The summed E-state index contributed by atoms with van der Waals surface area (Å²) in [4.78, 5) is 15.7. The molecule has 0 atom stereocenters. The summed E-state index contributed by atoms with van der Waals surface area (Å²) in [6.07, 6.45) is 1.22. The number of carbonyl (C=O) groups excluding carboxylic acids is 1. The number of rotatable bonds is 4. The zero-order valence-corrected chi connectivity index (χ0v) is 9.80. The highest BCUT2D eigenvalue weighted by molar-refractivity contribution is 5.94. The number of nitrogens with zero attached hydrogens (tertiary/aromatic N) is 2. The van der Waals surface area contributed by atoms with Crippen LogP contribution in [0, 0.1) is 6.92 Å². The van der Waals surface area contributed by atoms with E-state index in [4.69, 9.17) is 5.84 Å². The van der Waals surface area contributed by atoms with Crippen molar-refractivity contribution in [2.75, 3.05) is 5.43 Å². The summed E-state index contributed by atoms with van der Waals surface area (Å²) in [6, 6.07) is 5.19. The SMILES string of the molecule is Cc1cc(C(=O)NCc2ncon2)ccc1NN. The molecular weight excluding hydrogens is 234 g/mol. The number of anilines is 1. The van der Waals surface area contributed by atoms with Crippen molar-refractivity contribution in [1.29, 1.82) is 0 Å². The van der Waals surface area contributed by atoms with Crippen LogP contribution in [-0.2, 0) is 6.54 Å². The van der Waals surface area contributed by atoms with E-state index < -0.39 is 0 Å². The fraction of sp³-hybridized carbons (Fsp3) is 0.182. The van der Waals surface area contributed by atoms with Crippen molar-refractivity contribution in [2.24, 2.45) is 5.84 Å². The molecule has 0 radical (unpaired) electrons. The van der Waals surface area contributed by atoms with E-state index in [1.54, 1.807) is 18.2 Å². The number of hydrogen-bond donors (Lipinski definition) is 3. The smallest absolute Gasteiger partial charge is 0.251 e. The molecule has 1 aromatic carbocycles. The Labute approximate surface area is 103 Å². The molecule has 0 unspecified atom stereocenters. The van der Waals surface area contributed by atoms with Gasteiger partial charge < -0.3 is 15.3 Å². The lowest BCUT2D eigenvalue weighted by atomic mass is 10.1. The molecule has 4 N–H and O–H groups in total. The predicted molar refractivity (Wildman–Crippen MR) is 64.5 cm³/mol. The summed E-state index contributed by atoms with van der Waals surface area (Å²) in [5.74, 6) is 5.55. The number of aryl methyl sites for hydroxylation is 1. The van der Waals surface area contributed by atoms with Crippen molar-refractivity contribution in [2.45, 2.75) is 13.5 Å². The standard InChI is InChI=1S/C11H13N5O2/c1-7-4-8(2-3-9(7)15-12)11(17)13-5-10-14-6-18-16-10/h2-4,6,15H,5,12H2,1H3,(H,13,17). The first-order chi connectivity index (χ1) is 8.70. The second kappa shape index (κ2) is 5.28. The molecule has 94 valence electrons. The van der Waals surface area contributed by atoms with Gasteiger partial charge in [0.2, 0.25) is 6.39 Å². The van der Waals surface area contributed by atoms with Crippen molar-refractivity contribution in [3.05, 3.63) is 41.5 Å². The average Bonchev–Trinajstić information content (AvgIpc) is 2.89. The van der Waals surface area contributed by atoms with Crippen LogP contribution in [0.15, 0.2) is 29.1 Å². The highest BCUT2D eigenvalue weighted by Gasteiger charge is 2.08. The molecule has 0 fully saturated rings. The summed E-state index contributed by atoms with van der Waals surface area (Å²) >= 11 is 0. The topological polar surface area (TPSA) is 106 Å². The van der Waals surface area contributed by atoms with Gasteiger partial charge in [0.25, 0.3) is 5.91 Å². The van der Waals surface area contributed by atoms with Gasteiger partial charge in [-0.2, -0.15) is 4.98 Å². The second-order valence-corrected chi connectivity index (χ2v) is 3.70. The van der Waals surface area contributed by atoms with Crippen LogP contribution in [0.4, 0.5) is 5.69 Å². The molecule has 2 aromatic rings. The van der Waals surface area contributed by atoms with Crippen LogP contribution in [0.5, 0.6) is 0 Å². The van der Waals surface area contributed by atoms with E-state index in [-0.39, 0.29) is 12.5 Å². The molecule has 1 aromatic heterocycles. The molecule has 18 heavy (non-hydrogen) atoms. The summed E-state index contributed by atoms with van der Waals surface area (Å²) in [5.41, 5.74) is 4.78. The number of aromatic nitrogens is 2. The van der Waals surface area contributed by atoms with E-state index in [0.29, 0.717) is 11.4 Å². The first-order valence-electron chi connectivity index (χ1n) is 5.31. The monoisotopic (exact) mass is 247 g/mol. The first kappa shape index (κ1) is 12.1. The zero-order chi connectivity index (χ0) is 13.0. The zero-order valence-electron chi connectivity index (χ0n) is 9.80. The lowest BCUT2D eigenvalue weighted by molar-refractivity contribution is 0.0949. The van der Waals surface area contributed by atoms with Gasteiger partial charge >= 0.3 is 0 Å². The van der Waals surface area contributed by atoms with Crippen LogP contribution in [0.3, 0.4) is 0 Å². The number of hydrogen-bond acceptors (Lipinski definition) is 6. The Hall–Kier alpha value is -2.41. The molecule has 1 amide bonds. The van der Waals surface area contributed by atoms with E-state index in [9.17, 15) is 4.79 Å². The van der Waals surface area contributed by atoms with Gasteiger partial charge in [0.05, 0.1) is 12.2 Å². The van der Waals surface area contributed by atoms with Crippen LogP contribution >= 0.6 is 0 Å². The predicted octanol–water partition coefficient (Wildman–Crippen LogP) is 0.594. The van der Waals surface area contributed by atoms with Gasteiger partial charge in [0.1, 0.15) is 0 Å². The highest BCUT2D eigenvalue weighted by Crippen LogP contribution is 2.15. The van der Waals surface area contributed by atoms with Crippen LogP contribution in [-0.4, -0.2) is 16.0 Å². The Balaban J connectivity index is 2.02. The maximum absolute atomic E-state index is 11.8. The Morgan fingerprint density at radius 2 is 2.33 bits per heavy atom. The van der Waals surface area contributed by atoms with Crippen molar-refractivity contribution in [3.63, 3.8) is 0 Å². The number of benzene rings is 1. The molecule has 7 nitrogen and oxygen atoms in total. The van der Waals surface area contributed by atoms with Crippen molar-refractivity contribution < 1.29 is 9.32 Å². The lowest BCUT2D eigenvalue weighted by Crippen LogP contribution is -2.23. The average molecular weight is 247 g/mol. The van der Waals surface area contributed by atoms with Crippen molar-refractivity contribution in [1.82, 2.24) is 15.5 Å². The summed E-state index contributed by atoms with van der Waals surface area (Å²) in [5, 5.41) is 6.29. The van der Waals surface area contributed by atoms with Gasteiger partial charge in [-0.25, -0.2) is 0 Å². The Kier molecular flexibility index (Phi) is 3.54. The molecular formula is C11H13N5O2.